The van der Waals surface area contributed by atoms with Crippen LogP contribution in [0.5, 0.6) is 0 Å². The van der Waals surface area contributed by atoms with E-state index in [0.29, 0.717) is 18.8 Å². The van der Waals surface area contributed by atoms with Gasteiger partial charge in [0.1, 0.15) is 5.76 Å². The van der Waals surface area contributed by atoms with Crippen LogP contribution in [0.1, 0.15) is 29.1 Å². The Hall–Kier alpha value is -1.85. The SMILES string of the molecule is COC(=O)C1CCCN(C(=O)c2cc(C)on2)C1. The van der Waals surface area contributed by atoms with Crippen molar-refractivity contribution in [3.63, 3.8) is 0 Å². The standard InChI is InChI=1S/C12H16N2O4/c1-8-6-10(13-18-8)11(15)14-5-3-4-9(7-14)12(16)17-2/h6,9H,3-5,7H2,1-2H3. The molecule has 0 spiro atoms. The summed E-state index contributed by atoms with van der Waals surface area (Å²) in [7, 11) is 1.37. The van der Waals surface area contributed by atoms with Crippen LogP contribution in [0.3, 0.4) is 0 Å². The molecule has 1 unspecified atom stereocenters. The molecule has 1 aliphatic heterocycles. The largest absolute Gasteiger partial charge is 0.469 e. The third-order valence-electron chi connectivity index (χ3n) is 3.09. The van der Waals surface area contributed by atoms with Crippen molar-refractivity contribution in [3.8, 4) is 0 Å². The minimum atomic E-state index is -0.260. The quantitative estimate of drug-likeness (QED) is 0.734. The number of piperidine rings is 1. The van der Waals surface area contributed by atoms with Gasteiger partial charge in [0, 0.05) is 19.2 Å². The lowest BCUT2D eigenvalue weighted by molar-refractivity contribution is -0.146. The number of aryl methyl sites for hydroxylation is 1. The Bertz CT molecular complexity index is 455. The average molecular weight is 252 g/mol. The summed E-state index contributed by atoms with van der Waals surface area (Å²) in [6, 6.07) is 1.60. The Morgan fingerprint density at radius 2 is 2.33 bits per heavy atom. The highest BCUT2D eigenvalue weighted by Crippen LogP contribution is 2.19. The van der Waals surface area contributed by atoms with Gasteiger partial charge in [0.05, 0.1) is 13.0 Å². The number of methoxy groups -OCH3 is 1. The van der Waals surface area contributed by atoms with Crippen molar-refractivity contribution < 1.29 is 18.8 Å². The zero-order valence-electron chi connectivity index (χ0n) is 10.5. The highest BCUT2D eigenvalue weighted by atomic mass is 16.5. The van der Waals surface area contributed by atoms with E-state index in [1.54, 1.807) is 17.9 Å². The molecule has 1 aromatic rings. The van der Waals surface area contributed by atoms with Crippen molar-refractivity contribution in [2.45, 2.75) is 19.8 Å². The zero-order valence-corrected chi connectivity index (χ0v) is 10.5. The lowest BCUT2D eigenvalue weighted by Crippen LogP contribution is -2.42. The van der Waals surface area contributed by atoms with Crippen molar-refractivity contribution in [1.82, 2.24) is 10.1 Å². The number of amides is 1. The summed E-state index contributed by atoms with van der Waals surface area (Å²) in [4.78, 5) is 25.2. The second-order valence-corrected chi connectivity index (χ2v) is 4.44. The molecule has 0 aliphatic carbocycles. The number of hydrogen-bond donors (Lipinski definition) is 0. The Labute approximate surface area is 105 Å². The summed E-state index contributed by atoms with van der Waals surface area (Å²) in [6.45, 7) is 2.76. The molecule has 98 valence electrons. The summed E-state index contributed by atoms with van der Waals surface area (Å²) in [5.74, 6) is -0.0927. The van der Waals surface area contributed by atoms with E-state index in [-0.39, 0.29) is 23.5 Å². The molecule has 1 atom stereocenters. The van der Waals surface area contributed by atoms with Crippen molar-refractivity contribution in [1.29, 1.82) is 0 Å². The normalized spacial score (nSPS) is 19.7. The fourth-order valence-corrected chi connectivity index (χ4v) is 2.15. The molecule has 1 saturated heterocycles. The van der Waals surface area contributed by atoms with E-state index >= 15 is 0 Å². The van der Waals surface area contributed by atoms with Crippen LogP contribution in [0.25, 0.3) is 0 Å². The van der Waals surface area contributed by atoms with Gasteiger partial charge in [-0.1, -0.05) is 5.16 Å². The van der Waals surface area contributed by atoms with Crippen molar-refractivity contribution in [3.05, 3.63) is 17.5 Å². The lowest BCUT2D eigenvalue weighted by atomic mass is 9.98. The Morgan fingerprint density at radius 3 is 2.94 bits per heavy atom. The minimum Gasteiger partial charge on any atom is -0.469 e. The number of hydrogen-bond acceptors (Lipinski definition) is 5. The maximum absolute atomic E-state index is 12.1. The topological polar surface area (TPSA) is 72.6 Å². The van der Waals surface area contributed by atoms with Crippen molar-refractivity contribution >= 4 is 11.9 Å². The number of likely N-dealkylation sites (tertiary alicyclic amines) is 1. The summed E-state index contributed by atoms with van der Waals surface area (Å²) in [6.07, 6.45) is 1.55. The fourth-order valence-electron chi connectivity index (χ4n) is 2.15. The molecule has 6 nitrogen and oxygen atoms in total. The van der Waals surface area contributed by atoms with Gasteiger partial charge < -0.3 is 14.2 Å². The van der Waals surface area contributed by atoms with Gasteiger partial charge in [-0.25, -0.2) is 0 Å². The highest BCUT2D eigenvalue weighted by molar-refractivity contribution is 5.92. The van der Waals surface area contributed by atoms with E-state index in [1.807, 2.05) is 0 Å². The van der Waals surface area contributed by atoms with Gasteiger partial charge in [-0.3, -0.25) is 9.59 Å². The van der Waals surface area contributed by atoms with E-state index < -0.39 is 0 Å². The Kier molecular flexibility index (Phi) is 3.64. The molecular weight excluding hydrogens is 236 g/mol. The molecule has 1 aromatic heterocycles. The first-order chi connectivity index (χ1) is 8.61. The molecule has 1 fully saturated rings. The van der Waals surface area contributed by atoms with Crippen LogP contribution in [0.4, 0.5) is 0 Å². The third kappa shape index (κ3) is 2.52. The Morgan fingerprint density at radius 1 is 1.56 bits per heavy atom. The van der Waals surface area contributed by atoms with Crippen LogP contribution in [-0.4, -0.2) is 42.1 Å². The molecule has 0 radical (unpaired) electrons. The average Bonchev–Trinajstić information content (AvgIpc) is 2.83. The van der Waals surface area contributed by atoms with Crippen molar-refractivity contribution in [2.24, 2.45) is 5.92 Å². The second kappa shape index (κ2) is 5.20. The maximum Gasteiger partial charge on any atom is 0.310 e. The van der Waals surface area contributed by atoms with Gasteiger partial charge >= 0.3 is 5.97 Å². The van der Waals surface area contributed by atoms with E-state index in [1.165, 1.54) is 7.11 Å². The van der Waals surface area contributed by atoms with Gasteiger partial charge in [0.25, 0.3) is 5.91 Å². The monoisotopic (exact) mass is 252 g/mol. The molecule has 0 bridgehead atoms. The zero-order chi connectivity index (χ0) is 13.1. The first-order valence-corrected chi connectivity index (χ1v) is 5.92. The fraction of sp³-hybridized carbons (Fsp3) is 0.583. The number of aromatic nitrogens is 1. The molecule has 1 amide bonds. The van der Waals surface area contributed by atoms with Gasteiger partial charge in [0.2, 0.25) is 0 Å². The van der Waals surface area contributed by atoms with Crippen LogP contribution in [0.2, 0.25) is 0 Å². The number of carbonyl (C=O) groups excluding carboxylic acids is 2. The molecule has 2 heterocycles. The Balaban J connectivity index is 2.05. The molecular formula is C12H16N2O4. The third-order valence-corrected chi connectivity index (χ3v) is 3.09. The number of carbonyl (C=O) groups is 2. The van der Waals surface area contributed by atoms with E-state index in [4.69, 9.17) is 9.26 Å². The summed E-state index contributed by atoms with van der Waals surface area (Å²) >= 11 is 0. The molecule has 1 aliphatic rings. The van der Waals surface area contributed by atoms with Crippen LogP contribution < -0.4 is 0 Å². The predicted molar refractivity (Wildman–Crippen MR) is 61.9 cm³/mol. The van der Waals surface area contributed by atoms with Gasteiger partial charge in [0.15, 0.2) is 5.69 Å². The van der Waals surface area contributed by atoms with Gasteiger partial charge in [-0.2, -0.15) is 0 Å². The lowest BCUT2D eigenvalue weighted by Gasteiger charge is -2.30. The molecule has 0 N–H and O–H groups in total. The molecule has 0 aromatic carbocycles. The van der Waals surface area contributed by atoms with Gasteiger partial charge in [-0.05, 0) is 19.8 Å². The minimum absolute atomic E-state index is 0.194. The van der Waals surface area contributed by atoms with Crippen molar-refractivity contribution in [2.75, 3.05) is 20.2 Å². The molecule has 2 rings (SSSR count). The highest BCUT2D eigenvalue weighted by Gasteiger charge is 2.30. The van der Waals surface area contributed by atoms with E-state index in [9.17, 15) is 9.59 Å². The molecule has 6 heteroatoms. The summed E-state index contributed by atoms with van der Waals surface area (Å²) < 4.78 is 9.60. The van der Waals surface area contributed by atoms with E-state index in [2.05, 4.69) is 5.16 Å². The maximum atomic E-state index is 12.1. The first-order valence-electron chi connectivity index (χ1n) is 5.92. The van der Waals surface area contributed by atoms with Crippen LogP contribution in [0, 0.1) is 12.8 Å². The smallest absolute Gasteiger partial charge is 0.310 e. The first kappa shape index (κ1) is 12.6. The van der Waals surface area contributed by atoms with Gasteiger partial charge in [-0.15, -0.1) is 0 Å². The number of nitrogens with zero attached hydrogens (tertiary/aromatic N) is 2. The van der Waals surface area contributed by atoms with Crippen LogP contribution in [-0.2, 0) is 9.53 Å². The number of esters is 1. The molecule has 18 heavy (non-hydrogen) atoms. The predicted octanol–water partition coefficient (Wildman–Crippen LogP) is 1.01. The van der Waals surface area contributed by atoms with E-state index in [0.717, 1.165) is 12.8 Å². The second-order valence-electron chi connectivity index (χ2n) is 4.44. The summed E-state index contributed by atoms with van der Waals surface area (Å²) in [5, 5.41) is 3.70. The number of rotatable bonds is 2. The number of ether oxygens (including phenoxy) is 1. The van der Waals surface area contributed by atoms with Crippen LogP contribution in [0.15, 0.2) is 10.6 Å². The van der Waals surface area contributed by atoms with Crippen LogP contribution >= 0.6 is 0 Å². The summed E-state index contributed by atoms with van der Waals surface area (Å²) in [5.41, 5.74) is 0.290. The molecule has 0 saturated carbocycles.